The van der Waals surface area contributed by atoms with Crippen LogP contribution in [0.1, 0.15) is 17.0 Å². The Morgan fingerprint density at radius 1 is 1.04 bits per heavy atom. The number of nitriles is 1. The molecule has 0 saturated carbocycles. The molecule has 3 atom stereocenters. The van der Waals surface area contributed by atoms with E-state index in [1.165, 1.54) is 0 Å². The first-order valence-electron chi connectivity index (χ1n) is 7.69. The predicted molar refractivity (Wildman–Crippen MR) is 90.4 cm³/mol. The molecule has 1 N–H and O–H groups in total. The second-order valence-corrected chi connectivity index (χ2v) is 7.71. The van der Waals surface area contributed by atoms with E-state index >= 15 is 0 Å². The minimum Gasteiger partial charge on any atom is -0.395 e. The fourth-order valence-electron chi connectivity index (χ4n) is 3.28. The van der Waals surface area contributed by atoms with E-state index in [4.69, 9.17) is 0 Å². The maximum atomic E-state index is 12.8. The summed E-state index contributed by atoms with van der Waals surface area (Å²) < 4.78 is 26.7. The van der Waals surface area contributed by atoms with E-state index in [-0.39, 0.29) is 18.3 Å². The molecule has 0 unspecified atom stereocenters. The van der Waals surface area contributed by atoms with Crippen LogP contribution >= 0.6 is 0 Å². The van der Waals surface area contributed by atoms with Gasteiger partial charge in [-0.15, -0.1) is 0 Å². The third-order valence-corrected chi connectivity index (χ3v) is 6.21. The van der Waals surface area contributed by atoms with Gasteiger partial charge in [0.25, 0.3) is 0 Å². The van der Waals surface area contributed by atoms with Crippen LogP contribution in [0.25, 0.3) is 0 Å². The SMILES string of the molecule is N#C[C@@H]1[C@H](c2ccccc2)[C@H](CO)N1S(=O)(=O)Cc1ccccc1. The average Bonchev–Trinajstić information content (AvgIpc) is 2.56. The van der Waals surface area contributed by atoms with Crippen LogP contribution in [-0.4, -0.2) is 36.5 Å². The van der Waals surface area contributed by atoms with Gasteiger partial charge >= 0.3 is 0 Å². The molecule has 124 valence electrons. The molecule has 6 heteroatoms. The first kappa shape index (κ1) is 16.7. The molecule has 0 radical (unpaired) electrons. The van der Waals surface area contributed by atoms with E-state index < -0.39 is 22.1 Å². The maximum Gasteiger partial charge on any atom is 0.219 e. The molecule has 0 aliphatic carbocycles. The van der Waals surface area contributed by atoms with Crippen LogP contribution in [-0.2, 0) is 15.8 Å². The van der Waals surface area contributed by atoms with Crippen LogP contribution in [0.4, 0.5) is 0 Å². The lowest BCUT2D eigenvalue weighted by Gasteiger charge is -2.50. The number of rotatable bonds is 5. The summed E-state index contributed by atoms with van der Waals surface area (Å²) in [6, 6.07) is 18.8. The first-order chi connectivity index (χ1) is 11.6. The molecule has 2 aromatic rings. The topological polar surface area (TPSA) is 81.4 Å². The van der Waals surface area contributed by atoms with E-state index in [1.54, 1.807) is 24.3 Å². The average molecular weight is 342 g/mol. The molecule has 2 aromatic carbocycles. The molecule has 1 heterocycles. The Balaban J connectivity index is 1.89. The molecular formula is C18H18N2O3S. The highest BCUT2D eigenvalue weighted by Gasteiger charge is 2.54. The van der Waals surface area contributed by atoms with Gasteiger partial charge in [0.1, 0.15) is 6.04 Å². The van der Waals surface area contributed by atoms with Gasteiger partial charge in [-0.2, -0.15) is 9.57 Å². The maximum absolute atomic E-state index is 12.8. The van der Waals surface area contributed by atoms with Crippen LogP contribution in [0, 0.1) is 11.3 Å². The molecule has 1 saturated heterocycles. The van der Waals surface area contributed by atoms with Gasteiger partial charge in [0.05, 0.1) is 24.5 Å². The molecule has 0 spiro atoms. The van der Waals surface area contributed by atoms with E-state index in [1.807, 2.05) is 36.4 Å². The van der Waals surface area contributed by atoms with Gasteiger partial charge in [0.15, 0.2) is 0 Å². The van der Waals surface area contributed by atoms with Crippen molar-refractivity contribution in [3.8, 4) is 6.07 Å². The van der Waals surface area contributed by atoms with Crippen molar-refractivity contribution in [2.24, 2.45) is 0 Å². The van der Waals surface area contributed by atoms with E-state index in [9.17, 15) is 18.8 Å². The fraction of sp³-hybridized carbons (Fsp3) is 0.278. The van der Waals surface area contributed by atoms with Crippen molar-refractivity contribution in [1.82, 2.24) is 4.31 Å². The molecule has 0 amide bonds. The monoisotopic (exact) mass is 342 g/mol. The third kappa shape index (κ3) is 2.94. The van der Waals surface area contributed by atoms with Crippen LogP contribution in [0.15, 0.2) is 60.7 Å². The standard InChI is InChI=1S/C18H18N2O3S/c19-11-16-18(15-9-5-2-6-10-15)17(12-21)20(16)24(22,23)13-14-7-3-1-4-8-14/h1-10,16-18,21H,12-13H2/t16-,17+,18+/m1/s1. The number of hydrogen-bond donors (Lipinski definition) is 1. The van der Waals surface area contributed by atoms with Gasteiger partial charge in [-0.1, -0.05) is 60.7 Å². The molecule has 1 fully saturated rings. The van der Waals surface area contributed by atoms with Crippen molar-refractivity contribution in [1.29, 1.82) is 5.26 Å². The van der Waals surface area contributed by atoms with Gasteiger partial charge in [0, 0.05) is 5.92 Å². The number of benzene rings is 2. The number of hydrogen-bond acceptors (Lipinski definition) is 4. The smallest absolute Gasteiger partial charge is 0.219 e. The molecule has 3 rings (SSSR count). The lowest BCUT2D eigenvalue weighted by molar-refractivity contribution is 0.0555. The molecule has 1 aliphatic rings. The highest BCUT2D eigenvalue weighted by Crippen LogP contribution is 2.42. The Labute approximate surface area is 141 Å². The van der Waals surface area contributed by atoms with Crippen molar-refractivity contribution in [3.63, 3.8) is 0 Å². The summed E-state index contributed by atoms with van der Waals surface area (Å²) in [6.45, 7) is -0.314. The Hall–Kier alpha value is -2.20. The highest BCUT2D eigenvalue weighted by molar-refractivity contribution is 7.88. The van der Waals surface area contributed by atoms with Gasteiger partial charge in [0.2, 0.25) is 10.0 Å². The zero-order chi connectivity index (χ0) is 17.2. The minimum atomic E-state index is -3.69. The number of aliphatic hydroxyl groups excluding tert-OH is 1. The second kappa shape index (κ2) is 6.73. The highest BCUT2D eigenvalue weighted by atomic mass is 32.2. The van der Waals surface area contributed by atoms with Crippen LogP contribution in [0.2, 0.25) is 0 Å². The Bertz CT molecular complexity index is 832. The lowest BCUT2D eigenvalue weighted by atomic mass is 9.78. The van der Waals surface area contributed by atoms with Crippen LogP contribution in [0.3, 0.4) is 0 Å². The van der Waals surface area contributed by atoms with Crippen molar-refractivity contribution in [2.45, 2.75) is 23.8 Å². The Morgan fingerprint density at radius 2 is 1.62 bits per heavy atom. The van der Waals surface area contributed by atoms with E-state index in [0.29, 0.717) is 5.56 Å². The number of nitrogens with zero attached hydrogens (tertiary/aromatic N) is 2. The summed E-state index contributed by atoms with van der Waals surface area (Å²) in [6.07, 6.45) is 0. The predicted octanol–water partition coefficient (Wildman–Crippen LogP) is 1.87. The summed E-state index contributed by atoms with van der Waals surface area (Å²) in [7, 11) is -3.69. The number of aliphatic hydroxyl groups is 1. The summed E-state index contributed by atoms with van der Waals surface area (Å²) >= 11 is 0. The fourth-order valence-corrected chi connectivity index (χ4v) is 5.18. The third-order valence-electron chi connectivity index (χ3n) is 4.37. The Kier molecular flexibility index (Phi) is 4.67. The minimum absolute atomic E-state index is 0.177. The summed E-state index contributed by atoms with van der Waals surface area (Å²) in [5, 5.41) is 19.2. The quantitative estimate of drug-likeness (QED) is 0.899. The van der Waals surface area contributed by atoms with Crippen molar-refractivity contribution >= 4 is 10.0 Å². The molecule has 5 nitrogen and oxygen atoms in total. The lowest BCUT2D eigenvalue weighted by Crippen LogP contribution is -2.65. The van der Waals surface area contributed by atoms with Gasteiger partial charge in [-0.05, 0) is 11.1 Å². The van der Waals surface area contributed by atoms with Crippen molar-refractivity contribution in [2.75, 3.05) is 6.61 Å². The molecule has 24 heavy (non-hydrogen) atoms. The first-order valence-corrected chi connectivity index (χ1v) is 9.30. The summed E-state index contributed by atoms with van der Waals surface area (Å²) in [4.78, 5) is 0. The molecule has 0 bridgehead atoms. The zero-order valence-electron chi connectivity index (χ0n) is 13.0. The zero-order valence-corrected chi connectivity index (χ0v) is 13.8. The number of sulfonamides is 1. The van der Waals surface area contributed by atoms with E-state index in [2.05, 4.69) is 6.07 Å². The van der Waals surface area contributed by atoms with Gasteiger partial charge in [-0.25, -0.2) is 8.42 Å². The normalized spacial score (nSPS) is 24.1. The van der Waals surface area contributed by atoms with Gasteiger partial charge in [-0.3, -0.25) is 0 Å². The van der Waals surface area contributed by atoms with Crippen molar-refractivity contribution < 1.29 is 13.5 Å². The van der Waals surface area contributed by atoms with Crippen molar-refractivity contribution in [3.05, 3.63) is 71.8 Å². The van der Waals surface area contributed by atoms with Gasteiger partial charge < -0.3 is 5.11 Å². The van der Waals surface area contributed by atoms with E-state index in [0.717, 1.165) is 9.87 Å². The molecule has 1 aliphatic heterocycles. The Morgan fingerprint density at radius 3 is 2.17 bits per heavy atom. The summed E-state index contributed by atoms with van der Waals surface area (Å²) in [5.41, 5.74) is 1.53. The second-order valence-electron chi connectivity index (χ2n) is 5.83. The summed E-state index contributed by atoms with van der Waals surface area (Å²) in [5.74, 6) is -0.490. The molecular weight excluding hydrogens is 324 g/mol. The largest absolute Gasteiger partial charge is 0.395 e. The molecule has 0 aromatic heterocycles. The van der Waals surface area contributed by atoms with Crippen LogP contribution < -0.4 is 0 Å². The van der Waals surface area contributed by atoms with Crippen LogP contribution in [0.5, 0.6) is 0 Å².